The predicted molar refractivity (Wildman–Crippen MR) is 113 cm³/mol. The maximum absolute atomic E-state index is 13.8. The van der Waals surface area contributed by atoms with E-state index < -0.39 is 59.2 Å². The van der Waals surface area contributed by atoms with Crippen molar-refractivity contribution in [2.24, 2.45) is 5.73 Å². The van der Waals surface area contributed by atoms with Crippen molar-refractivity contribution in [2.75, 3.05) is 6.61 Å². The van der Waals surface area contributed by atoms with Gasteiger partial charge in [-0.25, -0.2) is 17.6 Å². The van der Waals surface area contributed by atoms with Crippen molar-refractivity contribution in [3.8, 4) is 0 Å². The van der Waals surface area contributed by atoms with Gasteiger partial charge < -0.3 is 31.1 Å². The van der Waals surface area contributed by atoms with E-state index in [0.29, 0.717) is 12.8 Å². The van der Waals surface area contributed by atoms with Crippen molar-refractivity contribution >= 4 is 17.5 Å². The summed E-state index contributed by atoms with van der Waals surface area (Å²) in [7, 11) is 0. The summed E-state index contributed by atoms with van der Waals surface area (Å²) in [4.78, 5) is 0. The Morgan fingerprint density at radius 1 is 1.31 bits per heavy atom. The maximum atomic E-state index is 13.8. The Hall–Kier alpha value is -1.53. The molecule has 6 atom stereocenters. The summed E-state index contributed by atoms with van der Waals surface area (Å²) in [5, 5.41) is 33.2. The molecule has 0 amide bonds. The Labute approximate surface area is 187 Å². The number of aliphatic hydroxyl groups excluding tert-OH is 3. The average Bonchev–Trinajstić information content (AvgIpc) is 2.72. The summed E-state index contributed by atoms with van der Waals surface area (Å²) in [5.74, 6) is -4.82. The third-order valence-electron chi connectivity index (χ3n) is 5.78. The van der Waals surface area contributed by atoms with Crippen molar-refractivity contribution in [3.05, 3.63) is 41.1 Å². The van der Waals surface area contributed by atoms with E-state index in [1.54, 1.807) is 0 Å². The summed E-state index contributed by atoms with van der Waals surface area (Å²) in [6, 6.07) is 1.22. The Morgan fingerprint density at radius 3 is 2.66 bits per heavy atom. The lowest BCUT2D eigenvalue weighted by Gasteiger charge is -2.43. The van der Waals surface area contributed by atoms with Crippen LogP contribution < -0.4 is 11.1 Å². The molecule has 6 N–H and O–H groups in total. The zero-order valence-electron chi connectivity index (χ0n) is 17.5. The van der Waals surface area contributed by atoms with Gasteiger partial charge in [-0.05, 0) is 37.5 Å². The van der Waals surface area contributed by atoms with Gasteiger partial charge in [-0.2, -0.15) is 0 Å². The fourth-order valence-electron chi connectivity index (χ4n) is 3.99. The van der Waals surface area contributed by atoms with Gasteiger partial charge in [0.25, 0.3) is 0 Å². The number of rotatable bonds is 6. The molecular formula is C21H28F4N2O4S. The molecule has 1 aromatic rings. The van der Waals surface area contributed by atoms with Crippen LogP contribution in [0.2, 0.25) is 0 Å². The number of nitrogens with two attached hydrogens (primary N) is 1. The number of aryl methyl sites for hydroxylation is 1. The smallest absolute Gasteiger partial charge is 0.249 e. The highest BCUT2D eigenvalue weighted by atomic mass is 32.2. The van der Waals surface area contributed by atoms with Crippen LogP contribution in [0.25, 0.3) is 5.70 Å². The first kappa shape index (κ1) is 25.1. The van der Waals surface area contributed by atoms with Crippen LogP contribution >= 0.6 is 11.8 Å². The lowest BCUT2D eigenvalue weighted by atomic mass is 9.96. The van der Waals surface area contributed by atoms with E-state index in [2.05, 4.69) is 5.32 Å². The van der Waals surface area contributed by atoms with Gasteiger partial charge in [0.1, 0.15) is 23.7 Å². The number of nitrogens with one attached hydrogen (secondary N) is 1. The third kappa shape index (κ3) is 5.69. The molecular weight excluding hydrogens is 452 g/mol. The van der Waals surface area contributed by atoms with Crippen LogP contribution in [0.4, 0.5) is 17.6 Å². The molecule has 11 heteroatoms. The zero-order valence-corrected chi connectivity index (χ0v) is 18.3. The van der Waals surface area contributed by atoms with Gasteiger partial charge in [-0.15, -0.1) is 11.8 Å². The van der Waals surface area contributed by atoms with E-state index in [0.717, 1.165) is 17.8 Å². The molecule has 6 unspecified atom stereocenters. The summed E-state index contributed by atoms with van der Waals surface area (Å²) >= 11 is 1.06. The average molecular weight is 481 g/mol. The number of ether oxygens (including phenoxy) is 1. The summed E-state index contributed by atoms with van der Waals surface area (Å²) in [6.07, 6.45) is -2.09. The van der Waals surface area contributed by atoms with E-state index in [4.69, 9.17) is 10.5 Å². The van der Waals surface area contributed by atoms with Crippen LogP contribution in [0.1, 0.15) is 36.8 Å². The highest BCUT2D eigenvalue weighted by Crippen LogP contribution is 2.42. The van der Waals surface area contributed by atoms with Crippen molar-refractivity contribution in [1.82, 2.24) is 5.32 Å². The molecule has 1 heterocycles. The maximum Gasteiger partial charge on any atom is 0.249 e. The first-order chi connectivity index (χ1) is 15.0. The minimum Gasteiger partial charge on any atom is -0.397 e. The zero-order chi connectivity index (χ0) is 23.6. The molecule has 0 spiro atoms. The Balaban J connectivity index is 1.74. The van der Waals surface area contributed by atoms with Gasteiger partial charge in [-0.3, -0.25) is 0 Å². The fraction of sp³-hybridized carbons (Fsp3) is 0.619. The largest absolute Gasteiger partial charge is 0.397 e. The number of alkyl halides is 2. The topological polar surface area (TPSA) is 108 Å². The number of benzene rings is 1. The number of halogens is 4. The second kappa shape index (κ2) is 10.2. The van der Waals surface area contributed by atoms with Crippen LogP contribution in [-0.2, 0) is 4.74 Å². The highest BCUT2D eigenvalue weighted by Gasteiger charge is 2.46. The Morgan fingerprint density at radius 2 is 2.03 bits per heavy atom. The van der Waals surface area contributed by atoms with E-state index in [1.165, 1.54) is 19.2 Å². The molecule has 0 aromatic heterocycles. The monoisotopic (exact) mass is 480 g/mol. The SMILES string of the molecule is Cc1cc(/C(N)=C/NC2C(O)C(CO)OC(SC3CCCC(F)(F)C3)C2O)cc(F)c1F. The van der Waals surface area contributed by atoms with E-state index in [-0.39, 0.29) is 29.7 Å². The van der Waals surface area contributed by atoms with Gasteiger partial charge in [0, 0.05) is 29.9 Å². The van der Waals surface area contributed by atoms with Crippen LogP contribution in [0.5, 0.6) is 0 Å². The van der Waals surface area contributed by atoms with Crippen molar-refractivity contribution in [2.45, 2.75) is 73.6 Å². The van der Waals surface area contributed by atoms with Gasteiger partial charge in [0.15, 0.2) is 11.6 Å². The standard InChI is InChI=1S/C21H28F4N2O4S/c1-10-5-11(6-13(22)16(10)23)14(26)8-27-17-18(29)15(9-28)31-20(19(17)30)32-12-3-2-4-21(24,25)7-12/h5-6,8,12,15,17-20,27-30H,2-4,7,9,26H2,1H3/b14-8-. The third-order valence-corrected chi connectivity index (χ3v) is 7.23. The first-order valence-electron chi connectivity index (χ1n) is 10.4. The van der Waals surface area contributed by atoms with Crippen LogP contribution in [0.15, 0.2) is 18.3 Å². The second-order valence-electron chi connectivity index (χ2n) is 8.30. The molecule has 1 aliphatic heterocycles. The summed E-state index contributed by atoms with van der Waals surface area (Å²) in [5.41, 5.74) is 5.26. The van der Waals surface area contributed by atoms with Crippen molar-refractivity contribution < 1.29 is 37.6 Å². The molecule has 0 bridgehead atoms. The molecule has 1 saturated carbocycles. The normalized spacial score (nSPS) is 33.2. The Kier molecular flexibility index (Phi) is 7.97. The molecule has 1 aliphatic carbocycles. The minimum atomic E-state index is -2.77. The van der Waals surface area contributed by atoms with E-state index in [1.807, 2.05) is 0 Å². The molecule has 0 radical (unpaired) electrons. The summed E-state index contributed by atoms with van der Waals surface area (Å²) < 4.78 is 60.3. The van der Waals surface area contributed by atoms with E-state index in [9.17, 15) is 32.9 Å². The van der Waals surface area contributed by atoms with Crippen molar-refractivity contribution in [1.29, 1.82) is 0 Å². The quantitative estimate of drug-likeness (QED) is 0.398. The van der Waals surface area contributed by atoms with Gasteiger partial charge in [0.05, 0.1) is 18.3 Å². The molecule has 1 saturated heterocycles. The number of thioether (sulfide) groups is 1. The number of hydrogen-bond acceptors (Lipinski definition) is 7. The van der Waals surface area contributed by atoms with Gasteiger partial charge >= 0.3 is 0 Å². The predicted octanol–water partition coefficient (Wildman–Crippen LogP) is 2.24. The highest BCUT2D eigenvalue weighted by molar-refractivity contribution is 8.00. The lowest BCUT2D eigenvalue weighted by Crippen LogP contribution is -2.62. The van der Waals surface area contributed by atoms with Crippen LogP contribution in [0, 0.1) is 18.6 Å². The Bertz CT molecular complexity index is 821. The molecule has 1 aromatic carbocycles. The molecule has 6 nitrogen and oxygen atoms in total. The van der Waals surface area contributed by atoms with Gasteiger partial charge in [0.2, 0.25) is 5.92 Å². The minimum absolute atomic E-state index is 0.0227. The number of hydrogen-bond donors (Lipinski definition) is 5. The molecule has 2 aliphatic rings. The van der Waals surface area contributed by atoms with Crippen molar-refractivity contribution in [3.63, 3.8) is 0 Å². The van der Waals surface area contributed by atoms with E-state index >= 15 is 0 Å². The molecule has 3 rings (SSSR count). The fourth-order valence-corrected chi connectivity index (χ4v) is 5.55. The van der Waals surface area contributed by atoms with Crippen LogP contribution in [0.3, 0.4) is 0 Å². The van der Waals surface area contributed by atoms with Crippen LogP contribution in [-0.4, -0.2) is 62.9 Å². The molecule has 32 heavy (non-hydrogen) atoms. The summed E-state index contributed by atoms with van der Waals surface area (Å²) in [6.45, 7) is 0.836. The molecule has 180 valence electrons. The first-order valence-corrected chi connectivity index (χ1v) is 11.3. The molecule has 2 fully saturated rings. The number of aliphatic hydroxyl groups is 3. The van der Waals surface area contributed by atoms with Gasteiger partial charge in [-0.1, -0.05) is 0 Å². The lowest BCUT2D eigenvalue weighted by molar-refractivity contribution is -0.164. The second-order valence-corrected chi connectivity index (χ2v) is 9.70.